The number of benzene rings is 3. The fraction of sp³-hybridized carbons (Fsp3) is 0.415. The van der Waals surface area contributed by atoms with Crippen molar-refractivity contribution in [2.75, 3.05) is 0 Å². The largest absolute Gasteiger partial charge is 0 e. The Labute approximate surface area is 296 Å². The minimum Gasteiger partial charge on any atom is 0 e. The van der Waals surface area contributed by atoms with Gasteiger partial charge in [0.05, 0.1) is 5.76 Å². The van der Waals surface area contributed by atoms with Crippen molar-refractivity contribution in [3.05, 3.63) is 89.3 Å². The number of aryl methyl sites for hydroxylation is 2. The number of aromatic nitrogens is 1. The van der Waals surface area contributed by atoms with E-state index in [-0.39, 0.29) is 43.5 Å². The first kappa shape index (κ1) is 37.9. The molecule has 5 heteroatoms. The van der Waals surface area contributed by atoms with E-state index in [2.05, 4.69) is 89.2 Å². The quantitative estimate of drug-likeness (QED) is 0.0695. The van der Waals surface area contributed by atoms with Crippen molar-refractivity contribution >= 4 is 50.4 Å². The van der Waals surface area contributed by atoms with Crippen LogP contribution in [-0.4, -0.2) is 30.4 Å². The van der Waals surface area contributed by atoms with Gasteiger partial charge in [-0.1, -0.05) is 27.7 Å². The van der Waals surface area contributed by atoms with Crippen molar-refractivity contribution in [2.24, 2.45) is 17.3 Å². The predicted octanol–water partition coefficient (Wildman–Crippen LogP) is 11.1. The number of nitrogens with zero attached hydrogens (tertiary/aromatic N) is 1. The summed E-state index contributed by atoms with van der Waals surface area (Å²) in [6, 6.07) is 21.8. The number of aliphatic hydroxyl groups excluding tert-OH is 1. The molecule has 0 spiro atoms. The number of aliphatic hydroxyl groups is 1. The van der Waals surface area contributed by atoms with Crippen molar-refractivity contribution in [2.45, 2.75) is 94.4 Å². The van der Waals surface area contributed by atoms with E-state index in [1.165, 1.54) is 47.3 Å². The van der Waals surface area contributed by atoms with Crippen LogP contribution in [0.25, 0.3) is 41.3 Å². The molecule has 5 rings (SSSR count). The van der Waals surface area contributed by atoms with Crippen LogP contribution in [0.4, 0.5) is 0 Å². The second-order valence-electron chi connectivity index (χ2n) is 13.6. The Kier molecular flexibility index (Phi) is 13.6. The maximum atomic E-state index is 11.7. The van der Waals surface area contributed by atoms with Crippen LogP contribution in [0.3, 0.4) is 0 Å². The third kappa shape index (κ3) is 9.07. The van der Waals surface area contributed by atoms with Crippen LogP contribution in [0.1, 0.15) is 90.8 Å². The Bertz CT molecular complexity index is 1800. The Balaban J connectivity index is 0.000000309. The number of carbonyl (C=O) groups excluding carboxylic acids is 1. The van der Waals surface area contributed by atoms with Gasteiger partial charge in [-0.25, -0.2) is 0 Å². The summed E-state index contributed by atoms with van der Waals surface area (Å²) < 4.78 is 3.00. The average Bonchev–Trinajstić information content (AvgIpc) is 3.35. The third-order valence-electron chi connectivity index (χ3n) is 8.66. The number of pyridine rings is 1. The molecule has 3 aromatic carbocycles. The van der Waals surface area contributed by atoms with Gasteiger partial charge in [0.15, 0.2) is 5.78 Å². The van der Waals surface area contributed by atoms with Crippen LogP contribution in [0.2, 0.25) is 0 Å². The first-order valence-electron chi connectivity index (χ1n) is 16.6. The number of ketones is 1. The molecule has 0 amide bonds. The van der Waals surface area contributed by atoms with Gasteiger partial charge in [-0.2, -0.15) is 0 Å². The zero-order valence-corrected chi connectivity index (χ0v) is 33.1. The number of carbonyl (C=O) groups is 1. The van der Waals surface area contributed by atoms with Gasteiger partial charge in [0.2, 0.25) is 0 Å². The fourth-order valence-electron chi connectivity index (χ4n) is 6.28. The molecule has 46 heavy (non-hydrogen) atoms. The molecule has 0 unspecified atom stereocenters. The Morgan fingerprint density at radius 2 is 1.50 bits per heavy atom. The molecule has 1 radical (unpaired) electrons. The number of fused-ring (bicyclic) bond motifs is 5. The summed E-state index contributed by atoms with van der Waals surface area (Å²) in [4.78, 5) is 16.5. The SMILES string of the molecule is CCC(CC)C(=O)/C=C(\O)C(CC)CC.Cc1[c-]c(-c2nccc3c2ccc2c4cc(CC(C)(C)C)ccc4[se]c32)cc(C)c1.[Ir]. The molecular weight excluding hydrogens is 810 g/mol. The number of rotatable bonds is 9. The second kappa shape index (κ2) is 16.5. The van der Waals surface area contributed by atoms with Gasteiger partial charge < -0.3 is 5.11 Å². The van der Waals surface area contributed by atoms with Crippen molar-refractivity contribution < 1.29 is 30.0 Å². The molecule has 0 aliphatic carbocycles. The summed E-state index contributed by atoms with van der Waals surface area (Å²) in [5, 5.41) is 15.2. The minimum absolute atomic E-state index is 0. The standard InChI is InChI=1S/C28H26NSe.C13H24O2.Ir/c1-17-12-18(2)14-20(13-17)26-21-7-8-22-24-15-19(16-28(3,4)5)6-9-25(24)30-27(22)23(21)10-11-29-26;1-5-10(6-2)12(14)9-13(15)11(7-3)8-4;/h6-13,15H,16H2,1-5H3;9-11,14H,5-8H2,1-4H3;/q-1;;/b;12-9-;. The Hall–Kier alpha value is -2.55. The van der Waals surface area contributed by atoms with E-state index in [9.17, 15) is 9.90 Å². The molecule has 0 saturated carbocycles. The summed E-state index contributed by atoms with van der Waals surface area (Å²) in [5.74, 6) is 0.547. The van der Waals surface area contributed by atoms with Crippen molar-refractivity contribution in [1.82, 2.24) is 4.98 Å². The summed E-state index contributed by atoms with van der Waals surface area (Å²) in [6.07, 6.45) is 7.98. The fourth-order valence-corrected chi connectivity index (χ4v) is 8.82. The predicted molar refractivity (Wildman–Crippen MR) is 194 cm³/mol. The molecule has 0 aliphatic rings. The van der Waals surface area contributed by atoms with Crippen LogP contribution in [0.15, 0.2) is 66.6 Å². The molecule has 0 fully saturated rings. The summed E-state index contributed by atoms with van der Waals surface area (Å²) in [7, 11) is 0. The molecule has 0 bridgehead atoms. The van der Waals surface area contributed by atoms with E-state index >= 15 is 0 Å². The van der Waals surface area contributed by atoms with Crippen LogP contribution in [0, 0.1) is 37.2 Å². The van der Waals surface area contributed by atoms with Crippen LogP contribution >= 0.6 is 0 Å². The van der Waals surface area contributed by atoms with Gasteiger partial charge in [-0.05, 0) is 25.7 Å². The molecular formula is C41H50IrNO2Se-. The maximum absolute atomic E-state index is 11.7. The third-order valence-corrected chi connectivity index (χ3v) is 11.2. The molecule has 2 aromatic heterocycles. The molecule has 0 atom stereocenters. The van der Waals surface area contributed by atoms with Crippen molar-refractivity contribution in [3.63, 3.8) is 0 Å². The van der Waals surface area contributed by atoms with Gasteiger partial charge in [0.25, 0.3) is 0 Å². The van der Waals surface area contributed by atoms with Crippen LogP contribution < -0.4 is 0 Å². The van der Waals surface area contributed by atoms with Gasteiger partial charge in [-0.15, -0.1) is 0 Å². The number of hydrogen-bond donors (Lipinski definition) is 1. The smallest absolute Gasteiger partial charge is 0 e. The number of hydrogen-bond acceptors (Lipinski definition) is 3. The van der Waals surface area contributed by atoms with E-state index in [1.54, 1.807) is 0 Å². The van der Waals surface area contributed by atoms with E-state index in [0.717, 1.165) is 48.9 Å². The summed E-state index contributed by atoms with van der Waals surface area (Å²) in [6.45, 7) is 19.2. The van der Waals surface area contributed by atoms with Crippen LogP contribution in [-0.2, 0) is 31.3 Å². The molecule has 5 aromatic rings. The zero-order chi connectivity index (χ0) is 32.9. The molecule has 247 valence electrons. The van der Waals surface area contributed by atoms with Gasteiger partial charge in [0.1, 0.15) is 0 Å². The first-order valence-corrected chi connectivity index (χ1v) is 18.3. The molecule has 3 nitrogen and oxygen atoms in total. The van der Waals surface area contributed by atoms with Gasteiger partial charge >= 0.3 is 185 Å². The van der Waals surface area contributed by atoms with E-state index in [1.807, 2.05) is 33.9 Å². The van der Waals surface area contributed by atoms with Crippen molar-refractivity contribution in [3.8, 4) is 11.3 Å². The van der Waals surface area contributed by atoms with E-state index in [4.69, 9.17) is 4.98 Å². The average molecular weight is 860 g/mol. The van der Waals surface area contributed by atoms with E-state index in [0.29, 0.717) is 19.9 Å². The first-order chi connectivity index (χ1) is 21.4. The monoisotopic (exact) mass is 861 g/mol. The molecule has 0 saturated heterocycles. The molecule has 1 N–H and O–H groups in total. The topological polar surface area (TPSA) is 50.2 Å². The Morgan fingerprint density at radius 1 is 0.870 bits per heavy atom. The summed E-state index contributed by atoms with van der Waals surface area (Å²) in [5.41, 5.74) is 6.28. The van der Waals surface area contributed by atoms with E-state index < -0.39 is 0 Å². The minimum atomic E-state index is 0. The van der Waals surface area contributed by atoms with Gasteiger partial charge in [0, 0.05) is 38.0 Å². The second-order valence-corrected chi connectivity index (χ2v) is 15.8. The number of allylic oxidation sites excluding steroid dienone is 2. The normalized spacial score (nSPS) is 12.1. The maximum Gasteiger partial charge on any atom is 0 e. The van der Waals surface area contributed by atoms with Crippen molar-refractivity contribution in [1.29, 1.82) is 0 Å². The zero-order valence-electron chi connectivity index (χ0n) is 29.0. The summed E-state index contributed by atoms with van der Waals surface area (Å²) >= 11 is 0.329. The molecule has 2 heterocycles. The Morgan fingerprint density at radius 3 is 2.11 bits per heavy atom. The van der Waals surface area contributed by atoms with Gasteiger partial charge in [-0.3, -0.25) is 4.79 Å². The molecule has 0 aliphatic heterocycles. The van der Waals surface area contributed by atoms with Crippen LogP contribution in [0.5, 0.6) is 0 Å².